The van der Waals surface area contributed by atoms with Gasteiger partial charge < -0.3 is 15.8 Å². The van der Waals surface area contributed by atoms with Crippen molar-refractivity contribution in [1.82, 2.24) is 0 Å². The van der Waals surface area contributed by atoms with Crippen LogP contribution in [-0.4, -0.2) is 12.5 Å². The van der Waals surface area contributed by atoms with Crippen molar-refractivity contribution in [2.24, 2.45) is 0 Å². The van der Waals surface area contributed by atoms with E-state index in [0.29, 0.717) is 16.5 Å². The molecule has 2 aromatic rings. The van der Waals surface area contributed by atoms with Gasteiger partial charge in [0.15, 0.2) is 0 Å². The smallest absolute Gasteiger partial charge is 0.227 e. The maximum Gasteiger partial charge on any atom is 0.227 e. The fraction of sp³-hybridized carbons (Fsp3) is 0.188. The van der Waals surface area contributed by atoms with Gasteiger partial charge in [-0.25, -0.2) is 0 Å². The van der Waals surface area contributed by atoms with Gasteiger partial charge in [-0.3, -0.25) is 4.79 Å². The minimum absolute atomic E-state index is 0.121. The molecule has 0 aliphatic heterocycles. The first-order chi connectivity index (χ1) is 10.1. The lowest BCUT2D eigenvalue weighted by Gasteiger charge is -2.10. The number of nitrogen functional groups attached to an aromatic ring is 1. The highest BCUT2D eigenvalue weighted by Crippen LogP contribution is 2.23. The molecule has 3 N–H and O–H groups in total. The van der Waals surface area contributed by atoms with E-state index in [0.717, 1.165) is 11.3 Å². The minimum atomic E-state index is -0.121. The molecule has 1 amide bonds. The largest absolute Gasteiger partial charge is 0.493 e. The van der Waals surface area contributed by atoms with E-state index in [2.05, 4.69) is 5.32 Å². The van der Waals surface area contributed by atoms with Crippen LogP contribution in [0.2, 0.25) is 5.02 Å². The SMILES string of the molecule is Cc1c(Cl)cccc1NC(=O)CCOc1cccc(N)c1. The number of nitrogens with one attached hydrogen (secondary N) is 1. The van der Waals surface area contributed by atoms with Gasteiger partial charge in [-0.2, -0.15) is 0 Å². The maximum absolute atomic E-state index is 11.9. The van der Waals surface area contributed by atoms with Crippen LogP contribution in [0.25, 0.3) is 0 Å². The molecule has 0 atom stereocenters. The average Bonchev–Trinajstić information content (AvgIpc) is 2.44. The summed E-state index contributed by atoms with van der Waals surface area (Å²) in [5.41, 5.74) is 7.85. The zero-order valence-electron chi connectivity index (χ0n) is 11.7. The number of ether oxygens (including phenoxy) is 1. The highest BCUT2D eigenvalue weighted by molar-refractivity contribution is 6.31. The molecule has 0 aliphatic carbocycles. The summed E-state index contributed by atoms with van der Waals surface area (Å²) in [7, 11) is 0. The van der Waals surface area contributed by atoms with E-state index < -0.39 is 0 Å². The Hall–Kier alpha value is -2.20. The number of benzene rings is 2. The molecule has 0 saturated carbocycles. The van der Waals surface area contributed by atoms with Crippen LogP contribution in [0.4, 0.5) is 11.4 Å². The maximum atomic E-state index is 11.9. The summed E-state index contributed by atoms with van der Waals surface area (Å²) in [6, 6.07) is 12.5. The number of hydrogen-bond donors (Lipinski definition) is 2. The molecule has 0 saturated heterocycles. The van der Waals surface area contributed by atoms with E-state index in [1.807, 2.05) is 13.0 Å². The van der Waals surface area contributed by atoms with Crippen molar-refractivity contribution >= 4 is 28.9 Å². The second-order valence-electron chi connectivity index (χ2n) is 4.63. The van der Waals surface area contributed by atoms with E-state index in [4.69, 9.17) is 22.1 Å². The van der Waals surface area contributed by atoms with E-state index in [1.54, 1.807) is 36.4 Å². The molecular weight excluding hydrogens is 288 g/mol. The van der Waals surface area contributed by atoms with Gasteiger partial charge in [-0.1, -0.05) is 23.7 Å². The predicted octanol–water partition coefficient (Wildman–Crippen LogP) is 3.64. The zero-order chi connectivity index (χ0) is 15.2. The number of nitrogens with two attached hydrogens (primary N) is 1. The number of hydrogen-bond acceptors (Lipinski definition) is 3. The van der Waals surface area contributed by atoms with Crippen molar-refractivity contribution in [3.63, 3.8) is 0 Å². The van der Waals surface area contributed by atoms with Gasteiger partial charge in [0.05, 0.1) is 13.0 Å². The molecule has 0 radical (unpaired) electrons. The van der Waals surface area contributed by atoms with Gasteiger partial charge in [0.1, 0.15) is 5.75 Å². The molecule has 0 fully saturated rings. The fourth-order valence-electron chi connectivity index (χ4n) is 1.82. The van der Waals surface area contributed by atoms with Crippen molar-refractivity contribution in [3.8, 4) is 5.75 Å². The number of rotatable bonds is 5. The Morgan fingerprint density at radius 2 is 2.05 bits per heavy atom. The number of anilines is 2. The summed E-state index contributed by atoms with van der Waals surface area (Å²) in [6.45, 7) is 2.15. The quantitative estimate of drug-likeness (QED) is 0.829. The molecule has 0 heterocycles. The standard InChI is InChI=1S/C16H17ClN2O2/c1-11-14(17)6-3-7-15(11)19-16(20)8-9-21-13-5-2-4-12(18)10-13/h2-7,10H,8-9,18H2,1H3,(H,19,20). The molecule has 4 nitrogen and oxygen atoms in total. The monoisotopic (exact) mass is 304 g/mol. The van der Waals surface area contributed by atoms with E-state index in [-0.39, 0.29) is 18.9 Å². The Labute approximate surface area is 128 Å². The molecule has 0 unspecified atom stereocenters. The summed E-state index contributed by atoms with van der Waals surface area (Å²) in [6.07, 6.45) is 0.251. The van der Waals surface area contributed by atoms with Crippen LogP contribution in [0, 0.1) is 6.92 Å². The van der Waals surface area contributed by atoms with Crippen molar-refractivity contribution < 1.29 is 9.53 Å². The van der Waals surface area contributed by atoms with Gasteiger partial charge >= 0.3 is 0 Å². The van der Waals surface area contributed by atoms with Crippen LogP contribution in [0.1, 0.15) is 12.0 Å². The highest BCUT2D eigenvalue weighted by Gasteiger charge is 2.07. The zero-order valence-corrected chi connectivity index (χ0v) is 12.5. The summed E-state index contributed by atoms with van der Waals surface area (Å²) >= 11 is 6.01. The predicted molar refractivity (Wildman–Crippen MR) is 85.8 cm³/mol. The van der Waals surface area contributed by atoms with Crippen molar-refractivity contribution in [2.45, 2.75) is 13.3 Å². The number of carbonyl (C=O) groups is 1. The third-order valence-corrected chi connectivity index (χ3v) is 3.41. The van der Waals surface area contributed by atoms with Gasteiger partial charge in [0.25, 0.3) is 0 Å². The molecule has 0 spiro atoms. The van der Waals surface area contributed by atoms with E-state index in [1.165, 1.54) is 0 Å². The van der Waals surface area contributed by atoms with E-state index in [9.17, 15) is 4.79 Å². The lowest BCUT2D eigenvalue weighted by Crippen LogP contribution is -2.15. The van der Waals surface area contributed by atoms with Gasteiger partial charge in [-0.15, -0.1) is 0 Å². The van der Waals surface area contributed by atoms with Crippen LogP contribution >= 0.6 is 11.6 Å². The summed E-state index contributed by atoms with van der Waals surface area (Å²) in [5, 5.41) is 3.45. The third kappa shape index (κ3) is 4.39. The Kier molecular flexibility index (Phi) is 5.06. The summed E-state index contributed by atoms with van der Waals surface area (Å²) in [4.78, 5) is 11.9. The minimum Gasteiger partial charge on any atom is -0.493 e. The molecular formula is C16H17ClN2O2. The Balaban J connectivity index is 1.84. The Morgan fingerprint density at radius 3 is 2.81 bits per heavy atom. The first-order valence-corrected chi connectivity index (χ1v) is 6.97. The molecule has 21 heavy (non-hydrogen) atoms. The van der Waals surface area contributed by atoms with E-state index >= 15 is 0 Å². The Morgan fingerprint density at radius 1 is 1.29 bits per heavy atom. The van der Waals surface area contributed by atoms with Gasteiger partial charge in [0, 0.05) is 22.5 Å². The molecule has 0 aromatic heterocycles. The lowest BCUT2D eigenvalue weighted by atomic mass is 10.2. The van der Waals surface area contributed by atoms with Crippen LogP contribution in [-0.2, 0) is 4.79 Å². The normalized spacial score (nSPS) is 10.2. The highest BCUT2D eigenvalue weighted by atomic mass is 35.5. The van der Waals surface area contributed by atoms with Crippen molar-refractivity contribution in [3.05, 3.63) is 53.1 Å². The number of amides is 1. The number of halogens is 1. The van der Waals surface area contributed by atoms with Crippen LogP contribution in [0.5, 0.6) is 5.75 Å². The Bertz CT molecular complexity index is 644. The third-order valence-electron chi connectivity index (χ3n) is 3.00. The molecule has 2 aromatic carbocycles. The first kappa shape index (κ1) is 15.2. The molecule has 2 rings (SSSR count). The summed E-state index contributed by atoms with van der Waals surface area (Å²) in [5.74, 6) is 0.533. The average molecular weight is 305 g/mol. The van der Waals surface area contributed by atoms with Crippen LogP contribution in [0.3, 0.4) is 0 Å². The van der Waals surface area contributed by atoms with Gasteiger partial charge in [0.2, 0.25) is 5.91 Å². The first-order valence-electron chi connectivity index (χ1n) is 6.59. The second kappa shape index (κ2) is 6.99. The molecule has 0 aliphatic rings. The molecule has 0 bridgehead atoms. The molecule has 5 heteroatoms. The summed E-state index contributed by atoms with van der Waals surface area (Å²) < 4.78 is 5.48. The molecule has 110 valence electrons. The number of carbonyl (C=O) groups excluding carboxylic acids is 1. The van der Waals surface area contributed by atoms with Crippen LogP contribution < -0.4 is 15.8 Å². The van der Waals surface area contributed by atoms with Gasteiger partial charge in [-0.05, 0) is 36.8 Å². The second-order valence-corrected chi connectivity index (χ2v) is 5.04. The lowest BCUT2D eigenvalue weighted by molar-refractivity contribution is -0.116. The fourth-order valence-corrected chi connectivity index (χ4v) is 2.00. The van der Waals surface area contributed by atoms with Crippen molar-refractivity contribution in [2.75, 3.05) is 17.7 Å². The van der Waals surface area contributed by atoms with Crippen LogP contribution in [0.15, 0.2) is 42.5 Å². The van der Waals surface area contributed by atoms with Crippen molar-refractivity contribution in [1.29, 1.82) is 0 Å². The topological polar surface area (TPSA) is 64.3 Å².